The minimum absolute atomic E-state index is 0.0884. The lowest BCUT2D eigenvalue weighted by molar-refractivity contribution is -0.167. The number of halogens is 5. The van der Waals surface area contributed by atoms with Crippen LogP contribution in [0.15, 0.2) is 35.0 Å². The van der Waals surface area contributed by atoms with Gasteiger partial charge in [0.2, 0.25) is 17.6 Å². The molecule has 0 saturated heterocycles. The van der Waals surface area contributed by atoms with Crippen LogP contribution in [0.3, 0.4) is 0 Å². The van der Waals surface area contributed by atoms with Crippen molar-refractivity contribution >= 4 is 69.6 Å². The third kappa shape index (κ3) is 9.40. The molecular weight excluding hydrogens is 508 g/mol. The molecule has 0 saturated carbocycles. The number of alkyl halides is 3. The lowest BCUT2D eigenvalue weighted by Gasteiger charge is -2.19. The molecule has 0 aliphatic rings. The van der Waals surface area contributed by atoms with Crippen molar-refractivity contribution in [3.8, 4) is 0 Å². The van der Waals surface area contributed by atoms with E-state index >= 15 is 0 Å². The molecule has 0 fully saturated rings. The molecule has 1 aromatic heterocycles. The molecule has 2 aromatic rings. The molecular formula is C20H19Cl2F3N2O3S2. The molecule has 2 N–H and O–H groups in total. The largest absolute Gasteiger partial charge is 0.450 e. The average Bonchev–Trinajstić information content (AvgIpc) is 3.17. The van der Waals surface area contributed by atoms with Gasteiger partial charge in [-0.25, -0.2) is 0 Å². The van der Waals surface area contributed by atoms with Crippen LogP contribution in [0.25, 0.3) is 0 Å². The van der Waals surface area contributed by atoms with Gasteiger partial charge in [0.05, 0.1) is 12.2 Å². The number of benzene rings is 1. The fraction of sp³-hybridized carbons (Fsp3) is 0.350. The van der Waals surface area contributed by atoms with Crippen molar-refractivity contribution in [2.24, 2.45) is 0 Å². The molecule has 0 unspecified atom stereocenters. The maximum absolute atomic E-state index is 12.8. The highest BCUT2D eigenvalue weighted by atomic mass is 35.5. The Morgan fingerprint density at radius 2 is 1.81 bits per heavy atom. The van der Waals surface area contributed by atoms with Crippen LogP contribution in [0.4, 0.5) is 18.9 Å². The molecule has 2 rings (SSSR count). The number of Topliss-reactive ketones (excluding diaryl/α,β-unsaturated/α-hetero) is 1. The third-order valence-electron chi connectivity index (χ3n) is 4.06. The first-order chi connectivity index (χ1) is 15.0. The van der Waals surface area contributed by atoms with Crippen LogP contribution in [-0.2, 0) is 20.8 Å². The number of amides is 2. The number of thioether (sulfide) groups is 1. The van der Waals surface area contributed by atoms with Crippen molar-refractivity contribution in [3.63, 3.8) is 0 Å². The SMILES string of the molecule is O=C(Cc1ccsc1)N[C@@H](CCCSCC(=O)C(F)(F)F)C(=O)Nc1cc(Cl)cc(Cl)c1. The van der Waals surface area contributed by atoms with Gasteiger partial charge in [0.25, 0.3) is 0 Å². The Labute approximate surface area is 201 Å². The number of carbonyl (C=O) groups is 3. The van der Waals surface area contributed by atoms with Crippen molar-refractivity contribution in [3.05, 3.63) is 50.6 Å². The smallest absolute Gasteiger partial charge is 0.344 e. The van der Waals surface area contributed by atoms with E-state index in [4.69, 9.17) is 23.2 Å². The minimum atomic E-state index is -4.86. The second-order valence-corrected chi connectivity index (χ2v) is 9.45. The maximum Gasteiger partial charge on any atom is 0.450 e. The van der Waals surface area contributed by atoms with Gasteiger partial charge >= 0.3 is 6.18 Å². The molecule has 1 atom stereocenters. The Hall–Kier alpha value is -1.75. The van der Waals surface area contributed by atoms with Crippen molar-refractivity contribution in [1.29, 1.82) is 0 Å². The standard InChI is InChI=1S/C20H19Cl2F3N2O3S2/c21-13-7-14(22)9-15(8-13)26-19(30)16(27-18(29)6-12-3-5-32-10-12)2-1-4-31-11-17(28)20(23,24)25/h3,5,7-10,16H,1-2,4,6,11H2,(H,26,30)(H,27,29)/t16-/m0/s1. The molecule has 1 aromatic carbocycles. The van der Waals surface area contributed by atoms with E-state index in [1.165, 1.54) is 29.5 Å². The van der Waals surface area contributed by atoms with E-state index in [2.05, 4.69) is 10.6 Å². The highest BCUT2D eigenvalue weighted by molar-refractivity contribution is 7.99. The number of anilines is 1. The quantitative estimate of drug-likeness (QED) is 0.386. The van der Waals surface area contributed by atoms with Crippen LogP contribution in [0.1, 0.15) is 18.4 Å². The first kappa shape index (κ1) is 26.5. The summed E-state index contributed by atoms with van der Waals surface area (Å²) in [6, 6.07) is 5.35. The van der Waals surface area contributed by atoms with E-state index in [0.29, 0.717) is 22.2 Å². The molecule has 32 heavy (non-hydrogen) atoms. The number of rotatable bonds is 11. The van der Waals surface area contributed by atoms with Gasteiger partial charge < -0.3 is 10.6 Å². The zero-order valence-electron chi connectivity index (χ0n) is 16.5. The van der Waals surface area contributed by atoms with E-state index in [1.807, 2.05) is 10.8 Å². The Kier molecular flexibility index (Phi) is 10.3. The average molecular weight is 527 g/mol. The van der Waals surface area contributed by atoms with Crippen LogP contribution >= 0.6 is 46.3 Å². The Morgan fingerprint density at radius 1 is 1.12 bits per heavy atom. The minimum Gasteiger partial charge on any atom is -0.344 e. The number of hydrogen-bond acceptors (Lipinski definition) is 5. The predicted molar refractivity (Wildman–Crippen MR) is 123 cm³/mol. The summed E-state index contributed by atoms with van der Waals surface area (Å²) in [6.07, 6.45) is -4.29. The van der Waals surface area contributed by atoms with Crippen LogP contribution < -0.4 is 10.6 Å². The van der Waals surface area contributed by atoms with Gasteiger partial charge in [-0.1, -0.05) is 23.2 Å². The normalized spacial score (nSPS) is 12.3. The van der Waals surface area contributed by atoms with Crippen molar-refractivity contribution in [2.45, 2.75) is 31.5 Å². The van der Waals surface area contributed by atoms with Crippen molar-refractivity contribution < 1.29 is 27.6 Å². The molecule has 0 spiro atoms. The van der Waals surface area contributed by atoms with Crippen molar-refractivity contribution in [1.82, 2.24) is 5.32 Å². The van der Waals surface area contributed by atoms with Crippen LogP contribution in [0.2, 0.25) is 10.0 Å². The molecule has 12 heteroatoms. The molecule has 0 radical (unpaired) electrons. The van der Waals surface area contributed by atoms with Gasteiger partial charge in [0, 0.05) is 15.7 Å². The monoisotopic (exact) mass is 526 g/mol. The number of thiophene rings is 1. The highest BCUT2D eigenvalue weighted by Gasteiger charge is 2.37. The molecule has 0 aliphatic heterocycles. The first-order valence-corrected chi connectivity index (χ1v) is 12.1. The van der Waals surface area contributed by atoms with E-state index in [1.54, 1.807) is 6.07 Å². The Morgan fingerprint density at radius 3 is 2.41 bits per heavy atom. The summed E-state index contributed by atoms with van der Waals surface area (Å²) >= 11 is 14.1. The maximum atomic E-state index is 12.8. The summed E-state index contributed by atoms with van der Waals surface area (Å²) in [7, 11) is 0. The zero-order valence-corrected chi connectivity index (χ0v) is 19.7. The van der Waals surface area contributed by atoms with Crippen LogP contribution in [0, 0.1) is 0 Å². The van der Waals surface area contributed by atoms with Gasteiger partial charge in [0.15, 0.2) is 0 Å². The molecule has 174 valence electrons. The van der Waals surface area contributed by atoms with E-state index < -0.39 is 29.7 Å². The summed E-state index contributed by atoms with van der Waals surface area (Å²) in [5.74, 6) is -3.16. The second kappa shape index (κ2) is 12.5. The predicted octanol–water partition coefficient (Wildman–Crippen LogP) is 5.37. The summed E-state index contributed by atoms with van der Waals surface area (Å²) in [4.78, 5) is 36.1. The van der Waals surface area contributed by atoms with Crippen molar-refractivity contribution in [2.75, 3.05) is 16.8 Å². The highest BCUT2D eigenvalue weighted by Crippen LogP contribution is 2.23. The first-order valence-electron chi connectivity index (χ1n) is 9.30. The van der Waals surface area contributed by atoms with Gasteiger partial charge in [0.1, 0.15) is 6.04 Å². The van der Waals surface area contributed by atoms with E-state index in [9.17, 15) is 27.6 Å². The molecule has 0 bridgehead atoms. The fourth-order valence-corrected chi connectivity index (χ4v) is 4.64. The van der Waals surface area contributed by atoms with E-state index in [0.717, 1.165) is 17.3 Å². The summed E-state index contributed by atoms with van der Waals surface area (Å²) < 4.78 is 36.8. The molecule has 5 nitrogen and oxygen atoms in total. The Bertz CT molecular complexity index is 920. The summed E-state index contributed by atoms with van der Waals surface area (Å²) in [6.45, 7) is 0. The summed E-state index contributed by atoms with van der Waals surface area (Å²) in [5, 5.41) is 9.57. The van der Waals surface area contributed by atoms with Gasteiger partial charge in [-0.3, -0.25) is 14.4 Å². The van der Waals surface area contributed by atoms with Crippen LogP contribution in [-0.4, -0.2) is 41.3 Å². The van der Waals surface area contributed by atoms with Gasteiger partial charge in [-0.2, -0.15) is 36.3 Å². The number of nitrogens with one attached hydrogen (secondary N) is 2. The topological polar surface area (TPSA) is 75.3 Å². The van der Waals surface area contributed by atoms with E-state index in [-0.39, 0.29) is 24.5 Å². The molecule has 0 aliphatic carbocycles. The lowest BCUT2D eigenvalue weighted by Crippen LogP contribution is -2.44. The molecule has 1 heterocycles. The molecule has 2 amide bonds. The number of carbonyl (C=O) groups excluding carboxylic acids is 3. The van der Waals surface area contributed by atoms with Crippen LogP contribution in [0.5, 0.6) is 0 Å². The fourth-order valence-electron chi connectivity index (χ4n) is 2.58. The number of hydrogen-bond donors (Lipinski definition) is 2. The van der Waals surface area contributed by atoms with Gasteiger partial charge in [-0.05, 0) is 59.2 Å². The zero-order chi connectivity index (χ0) is 23.7. The number of ketones is 1. The second-order valence-electron chi connectivity index (χ2n) is 6.69. The summed E-state index contributed by atoms with van der Waals surface area (Å²) in [5.41, 5.74) is 1.14. The lowest BCUT2D eigenvalue weighted by atomic mass is 10.1. The van der Waals surface area contributed by atoms with Gasteiger partial charge in [-0.15, -0.1) is 0 Å². The third-order valence-corrected chi connectivity index (χ3v) is 6.27. The Balaban J connectivity index is 1.95.